The van der Waals surface area contributed by atoms with Gasteiger partial charge in [-0.05, 0) is 24.4 Å². The fourth-order valence-corrected chi connectivity index (χ4v) is 2.25. The summed E-state index contributed by atoms with van der Waals surface area (Å²) in [6.45, 7) is 1.08. The summed E-state index contributed by atoms with van der Waals surface area (Å²) in [5.41, 5.74) is 0.784. The lowest BCUT2D eigenvalue weighted by Crippen LogP contribution is -2.02. The number of H-pyrrole nitrogens is 1. The van der Waals surface area contributed by atoms with Gasteiger partial charge in [0.25, 0.3) is 0 Å². The first-order valence-electron chi connectivity index (χ1n) is 5.97. The zero-order valence-corrected chi connectivity index (χ0v) is 10.9. The van der Waals surface area contributed by atoms with Crippen molar-refractivity contribution in [1.82, 2.24) is 14.8 Å². The van der Waals surface area contributed by atoms with Crippen molar-refractivity contribution in [3.63, 3.8) is 0 Å². The standard InChI is InChI=1S/C12H13N3O3S/c16-7-11-13-14-12(19)15(11)8-2-3-9-10(6-8)18-5-1-4-17-9/h2-3,6,16H,1,4-5,7H2,(H,14,19). The largest absolute Gasteiger partial charge is 0.490 e. The normalized spacial score (nSPS) is 14.2. The van der Waals surface area contributed by atoms with Gasteiger partial charge >= 0.3 is 0 Å². The maximum absolute atomic E-state index is 9.27. The van der Waals surface area contributed by atoms with Gasteiger partial charge in [-0.25, -0.2) is 0 Å². The molecule has 100 valence electrons. The number of nitrogens with one attached hydrogen (secondary N) is 1. The van der Waals surface area contributed by atoms with Crippen molar-refractivity contribution in [3.8, 4) is 17.2 Å². The minimum Gasteiger partial charge on any atom is -0.490 e. The molecule has 0 radical (unpaired) electrons. The van der Waals surface area contributed by atoms with E-state index in [0.29, 0.717) is 29.6 Å². The molecule has 3 rings (SSSR count). The van der Waals surface area contributed by atoms with Crippen LogP contribution in [-0.4, -0.2) is 33.1 Å². The summed E-state index contributed by atoms with van der Waals surface area (Å²) in [4.78, 5) is 0. The summed E-state index contributed by atoms with van der Waals surface area (Å²) in [5.74, 6) is 1.86. The van der Waals surface area contributed by atoms with Crippen LogP contribution in [0.1, 0.15) is 12.2 Å². The molecule has 0 bridgehead atoms. The van der Waals surface area contributed by atoms with Gasteiger partial charge in [-0.1, -0.05) is 0 Å². The average molecular weight is 279 g/mol. The Morgan fingerprint density at radius 3 is 2.89 bits per heavy atom. The third-order valence-corrected chi connectivity index (χ3v) is 3.15. The lowest BCUT2D eigenvalue weighted by Gasteiger charge is -2.10. The summed E-state index contributed by atoms with van der Waals surface area (Å²) in [5, 5.41) is 15.9. The predicted octanol–water partition coefficient (Wildman–Crippen LogP) is 1.58. The highest BCUT2D eigenvalue weighted by Crippen LogP contribution is 2.31. The predicted molar refractivity (Wildman–Crippen MR) is 70.3 cm³/mol. The quantitative estimate of drug-likeness (QED) is 0.817. The Kier molecular flexibility index (Phi) is 3.22. The first-order chi connectivity index (χ1) is 9.29. The molecule has 19 heavy (non-hydrogen) atoms. The molecule has 0 unspecified atom stereocenters. The number of aromatic amines is 1. The molecule has 1 aromatic carbocycles. The van der Waals surface area contributed by atoms with Gasteiger partial charge in [-0.2, -0.15) is 5.10 Å². The second-order valence-corrected chi connectivity index (χ2v) is 4.51. The summed E-state index contributed by atoms with van der Waals surface area (Å²) in [6.07, 6.45) is 0.858. The van der Waals surface area contributed by atoms with Crippen molar-refractivity contribution < 1.29 is 14.6 Å². The summed E-state index contributed by atoms with van der Waals surface area (Å²) >= 11 is 5.16. The second kappa shape index (κ2) is 5.02. The van der Waals surface area contributed by atoms with E-state index in [1.807, 2.05) is 18.2 Å². The molecule has 0 saturated heterocycles. The van der Waals surface area contributed by atoms with Gasteiger partial charge in [-0.3, -0.25) is 9.67 Å². The van der Waals surface area contributed by atoms with Crippen LogP contribution in [0.5, 0.6) is 11.5 Å². The number of nitrogens with zero attached hydrogens (tertiary/aromatic N) is 2. The maximum atomic E-state index is 9.27. The van der Waals surface area contributed by atoms with E-state index in [1.165, 1.54) is 0 Å². The second-order valence-electron chi connectivity index (χ2n) is 4.12. The number of ether oxygens (including phenoxy) is 2. The van der Waals surface area contributed by atoms with E-state index in [1.54, 1.807) is 4.57 Å². The van der Waals surface area contributed by atoms with Crippen molar-refractivity contribution in [2.45, 2.75) is 13.0 Å². The third kappa shape index (κ3) is 2.22. The van der Waals surface area contributed by atoms with E-state index in [9.17, 15) is 5.11 Å². The highest BCUT2D eigenvalue weighted by molar-refractivity contribution is 7.71. The number of hydrogen-bond donors (Lipinski definition) is 2. The van der Waals surface area contributed by atoms with Gasteiger partial charge in [0.05, 0.1) is 18.9 Å². The number of aliphatic hydroxyl groups excluding tert-OH is 1. The fraction of sp³-hybridized carbons (Fsp3) is 0.333. The van der Waals surface area contributed by atoms with Gasteiger partial charge in [0.15, 0.2) is 22.1 Å². The molecule has 2 N–H and O–H groups in total. The molecule has 7 heteroatoms. The molecule has 2 heterocycles. The topological polar surface area (TPSA) is 72.3 Å². The lowest BCUT2D eigenvalue weighted by atomic mass is 10.2. The molecule has 0 atom stereocenters. The van der Waals surface area contributed by atoms with Crippen LogP contribution in [0.15, 0.2) is 18.2 Å². The molecule has 0 saturated carbocycles. The maximum Gasteiger partial charge on any atom is 0.199 e. The Hall–Kier alpha value is -1.86. The molecule has 0 spiro atoms. The molecule has 0 aliphatic carbocycles. The van der Waals surface area contributed by atoms with Crippen LogP contribution in [-0.2, 0) is 6.61 Å². The van der Waals surface area contributed by atoms with E-state index in [0.717, 1.165) is 17.9 Å². The van der Waals surface area contributed by atoms with Crippen LogP contribution in [0.2, 0.25) is 0 Å². The zero-order valence-electron chi connectivity index (χ0n) is 10.1. The fourth-order valence-electron chi connectivity index (χ4n) is 1.99. The van der Waals surface area contributed by atoms with Crippen LogP contribution in [0.25, 0.3) is 5.69 Å². The summed E-state index contributed by atoms with van der Waals surface area (Å²) in [7, 11) is 0. The summed E-state index contributed by atoms with van der Waals surface area (Å²) in [6, 6.07) is 5.54. The van der Waals surface area contributed by atoms with Gasteiger partial charge in [0.2, 0.25) is 0 Å². The Labute approximate surface area is 114 Å². The number of aromatic nitrogens is 3. The Morgan fingerprint density at radius 1 is 1.32 bits per heavy atom. The van der Waals surface area contributed by atoms with Crippen molar-refractivity contribution in [1.29, 1.82) is 0 Å². The monoisotopic (exact) mass is 279 g/mol. The third-order valence-electron chi connectivity index (χ3n) is 2.87. The van der Waals surface area contributed by atoms with E-state index >= 15 is 0 Å². The molecule has 1 aliphatic rings. The van der Waals surface area contributed by atoms with Crippen LogP contribution in [0.4, 0.5) is 0 Å². The molecular weight excluding hydrogens is 266 g/mol. The first-order valence-corrected chi connectivity index (χ1v) is 6.37. The van der Waals surface area contributed by atoms with Crippen molar-refractivity contribution in [2.75, 3.05) is 13.2 Å². The van der Waals surface area contributed by atoms with Crippen LogP contribution in [0.3, 0.4) is 0 Å². The zero-order chi connectivity index (χ0) is 13.2. The number of hydrogen-bond acceptors (Lipinski definition) is 5. The van der Waals surface area contributed by atoms with E-state index in [-0.39, 0.29) is 6.61 Å². The SMILES string of the molecule is OCc1n[nH]c(=S)n1-c1ccc2c(c1)OCCCO2. The molecule has 1 aliphatic heterocycles. The minimum absolute atomic E-state index is 0.193. The molecule has 0 fully saturated rings. The van der Waals surface area contributed by atoms with Crippen LogP contribution in [0, 0.1) is 4.77 Å². The number of rotatable bonds is 2. The summed E-state index contributed by atoms with van der Waals surface area (Å²) < 4.78 is 13.3. The Morgan fingerprint density at radius 2 is 2.11 bits per heavy atom. The van der Waals surface area contributed by atoms with E-state index in [2.05, 4.69) is 10.2 Å². The smallest absolute Gasteiger partial charge is 0.199 e. The Bertz CT molecular complexity index is 650. The van der Waals surface area contributed by atoms with Crippen LogP contribution >= 0.6 is 12.2 Å². The minimum atomic E-state index is -0.193. The number of benzene rings is 1. The first kappa shape index (κ1) is 12.2. The van der Waals surface area contributed by atoms with Crippen molar-refractivity contribution in [2.24, 2.45) is 0 Å². The van der Waals surface area contributed by atoms with E-state index < -0.39 is 0 Å². The van der Waals surface area contributed by atoms with Gasteiger partial charge in [0, 0.05) is 12.5 Å². The van der Waals surface area contributed by atoms with E-state index in [4.69, 9.17) is 21.7 Å². The molecule has 0 amide bonds. The van der Waals surface area contributed by atoms with Gasteiger partial charge < -0.3 is 14.6 Å². The van der Waals surface area contributed by atoms with Crippen LogP contribution < -0.4 is 9.47 Å². The van der Waals surface area contributed by atoms with Crippen molar-refractivity contribution >= 4 is 12.2 Å². The highest BCUT2D eigenvalue weighted by atomic mass is 32.1. The van der Waals surface area contributed by atoms with Gasteiger partial charge in [-0.15, -0.1) is 0 Å². The molecular formula is C12H13N3O3S. The average Bonchev–Trinajstić information content (AvgIpc) is 2.66. The molecule has 1 aromatic heterocycles. The number of aliphatic hydroxyl groups is 1. The highest BCUT2D eigenvalue weighted by Gasteiger charge is 2.13. The number of fused-ring (bicyclic) bond motifs is 1. The molecule has 6 nitrogen and oxygen atoms in total. The Balaban J connectivity index is 2.08. The molecule has 2 aromatic rings. The van der Waals surface area contributed by atoms with Crippen molar-refractivity contribution in [3.05, 3.63) is 28.8 Å². The van der Waals surface area contributed by atoms with Gasteiger partial charge in [0.1, 0.15) is 6.61 Å². The lowest BCUT2D eigenvalue weighted by molar-refractivity contribution is 0.268.